The van der Waals surface area contributed by atoms with Crippen molar-refractivity contribution in [1.82, 2.24) is 9.80 Å². The molecule has 4 nitrogen and oxygen atoms in total. The maximum atomic E-state index is 12.1. The number of carbonyl (C=O) groups is 2. The quantitative estimate of drug-likeness (QED) is 0.797. The van der Waals surface area contributed by atoms with E-state index in [1.165, 1.54) is 0 Å². The van der Waals surface area contributed by atoms with Gasteiger partial charge in [0.2, 0.25) is 11.8 Å². The molecule has 1 aliphatic rings. The molecule has 0 N–H and O–H groups in total. The molecule has 0 radical (unpaired) electrons. The molecule has 0 aliphatic carbocycles. The van der Waals surface area contributed by atoms with E-state index < -0.39 is 0 Å². The van der Waals surface area contributed by atoms with Gasteiger partial charge in [-0.2, -0.15) is 0 Å². The van der Waals surface area contributed by atoms with E-state index in [1.807, 2.05) is 17.5 Å². The molecular formula is C12H16N2O2S. The van der Waals surface area contributed by atoms with E-state index >= 15 is 0 Å². The number of thiophene rings is 1. The Hall–Kier alpha value is -1.36. The Morgan fingerprint density at radius 2 is 2.24 bits per heavy atom. The van der Waals surface area contributed by atoms with E-state index in [9.17, 15) is 9.59 Å². The number of rotatable bonds is 2. The average molecular weight is 252 g/mol. The zero-order valence-electron chi connectivity index (χ0n) is 10.2. The Morgan fingerprint density at radius 3 is 2.76 bits per heavy atom. The third-order valence-corrected chi connectivity index (χ3v) is 4.12. The van der Waals surface area contributed by atoms with Crippen LogP contribution in [-0.2, 0) is 9.59 Å². The summed E-state index contributed by atoms with van der Waals surface area (Å²) in [5.74, 6) is -0.175. The third kappa shape index (κ3) is 2.07. The molecule has 0 saturated carbocycles. The summed E-state index contributed by atoms with van der Waals surface area (Å²) in [6.07, 6.45) is 0.316. The summed E-state index contributed by atoms with van der Waals surface area (Å²) >= 11 is 1.59. The maximum absolute atomic E-state index is 12.1. The van der Waals surface area contributed by atoms with Crippen molar-refractivity contribution in [3.63, 3.8) is 0 Å². The molecule has 2 amide bonds. The minimum atomic E-state index is -0.249. The molecule has 1 fully saturated rings. The predicted molar refractivity (Wildman–Crippen MR) is 66.6 cm³/mol. The van der Waals surface area contributed by atoms with Crippen molar-refractivity contribution < 1.29 is 9.59 Å². The molecule has 92 valence electrons. The van der Waals surface area contributed by atoms with Gasteiger partial charge in [0, 0.05) is 32.4 Å². The van der Waals surface area contributed by atoms with Gasteiger partial charge in [-0.15, -0.1) is 11.3 Å². The second-order valence-corrected chi connectivity index (χ2v) is 5.49. The summed E-state index contributed by atoms with van der Waals surface area (Å²) in [4.78, 5) is 28.2. The van der Waals surface area contributed by atoms with Crippen LogP contribution in [0.3, 0.4) is 0 Å². The topological polar surface area (TPSA) is 40.6 Å². The highest BCUT2D eigenvalue weighted by Crippen LogP contribution is 2.39. The zero-order chi connectivity index (χ0) is 12.6. The molecule has 0 aromatic carbocycles. The van der Waals surface area contributed by atoms with Crippen LogP contribution in [0.2, 0.25) is 0 Å². The van der Waals surface area contributed by atoms with E-state index in [0.29, 0.717) is 6.42 Å². The molecule has 1 saturated heterocycles. The fourth-order valence-corrected chi connectivity index (χ4v) is 3.20. The Balaban J connectivity index is 2.32. The first-order valence-electron chi connectivity index (χ1n) is 5.52. The first-order valence-corrected chi connectivity index (χ1v) is 6.40. The second-order valence-electron chi connectivity index (χ2n) is 4.51. The number of hydrogen-bond donors (Lipinski definition) is 0. The van der Waals surface area contributed by atoms with Gasteiger partial charge < -0.3 is 9.80 Å². The molecule has 0 unspecified atom stereocenters. The van der Waals surface area contributed by atoms with Crippen LogP contribution in [0.1, 0.15) is 17.3 Å². The van der Waals surface area contributed by atoms with Crippen LogP contribution in [-0.4, -0.2) is 42.8 Å². The Kier molecular flexibility index (Phi) is 3.19. The Bertz CT molecular complexity index is 428. The smallest absolute Gasteiger partial charge is 0.228 e. The van der Waals surface area contributed by atoms with Gasteiger partial charge in [0.25, 0.3) is 0 Å². The number of carbonyl (C=O) groups excluding carboxylic acids is 2. The molecule has 1 aromatic heterocycles. The molecule has 0 bridgehead atoms. The van der Waals surface area contributed by atoms with Gasteiger partial charge in [0.15, 0.2) is 0 Å². The van der Waals surface area contributed by atoms with Crippen molar-refractivity contribution in [2.45, 2.75) is 12.5 Å². The molecule has 2 rings (SSSR count). The van der Waals surface area contributed by atoms with E-state index in [4.69, 9.17) is 0 Å². The summed E-state index contributed by atoms with van der Waals surface area (Å²) in [6, 6.07) is 3.84. The molecule has 0 spiro atoms. The largest absolute Gasteiger partial charge is 0.348 e. The number of hydrogen-bond acceptors (Lipinski definition) is 3. The lowest BCUT2D eigenvalue weighted by atomic mass is 9.97. The van der Waals surface area contributed by atoms with E-state index in [2.05, 4.69) is 0 Å². The SMILES string of the molecule is CN(C)C(=O)[C@H]1CC(=O)N(C)[C@@H]1c1cccs1. The van der Waals surface area contributed by atoms with Crippen molar-refractivity contribution in [1.29, 1.82) is 0 Å². The Labute approximate surface area is 105 Å². The van der Waals surface area contributed by atoms with Crippen LogP contribution in [0.4, 0.5) is 0 Å². The van der Waals surface area contributed by atoms with Gasteiger partial charge in [-0.3, -0.25) is 9.59 Å². The van der Waals surface area contributed by atoms with Crippen LogP contribution in [0.5, 0.6) is 0 Å². The summed E-state index contributed by atoms with van der Waals surface area (Å²) in [5, 5.41) is 1.98. The summed E-state index contributed by atoms with van der Waals surface area (Å²) in [6.45, 7) is 0. The molecule has 5 heteroatoms. The molecule has 1 aliphatic heterocycles. The number of likely N-dealkylation sites (tertiary alicyclic amines) is 1. The second kappa shape index (κ2) is 4.49. The molecule has 2 heterocycles. The van der Waals surface area contributed by atoms with Gasteiger partial charge in [0.1, 0.15) is 0 Å². The minimum Gasteiger partial charge on any atom is -0.348 e. The van der Waals surface area contributed by atoms with Gasteiger partial charge in [-0.05, 0) is 11.4 Å². The van der Waals surface area contributed by atoms with Crippen molar-refractivity contribution in [3.8, 4) is 0 Å². The highest BCUT2D eigenvalue weighted by Gasteiger charge is 2.43. The average Bonchev–Trinajstić information content (AvgIpc) is 2.87. The van der Waals surface area contributed by atoms with Gasteiger partial charge >= 0.3 is 0 Å². The fraction of sp³-hybridized carbons (Fsp3) is 0.500. The predicted octanol–water partition coefficient (Wildman–Crippen LogP) is 1.36. The van der Waals surface area contributed by atoms with Crippen LogP contribution in [0.15, 0.2) is 17.5 Å². The normalized spacial score (nSPS) is 24.2. The van der Waals surface area contributed by atoms with Crippen molar-refractivity contribution in [2.24, 2.45) is 5.92 Å². The zero-order valence-corrected chi connectivity index (χ0v) is 11.0. The number of nitrogens with zero attached hydrogens (tertiary/aromatic N) is 2. The van der Waals surface area contributed by atoms with Gasteiger partial charge in [0.05, 0.1) is 12.0 Å². The minimum absolute atomic E-state index is 0.0288. The molecular weight excluding hydrogens is 236 g/mol. The first kappa shape index (κ1) is 12.1. The monoisotopic (exact) mass is 252 g/mol. The first-order chi connectivity index (χ1) is 8.02. The van der Waals surface area contributed by atoms with Gasteiger partial charge in [-0.25, -0.2) is 0 Å². The summed E-state index contributed by atoms with van der Waals surface area (Å²) in [5.41, 5.74) is 0. The van der Waals surface area contributed by atoms with E-state index in [0.717, 1.165) is 4.88 Å². The van der Waals surface area contributed by atoms with Crippen LogP contribution in [0, 0.1) is 5.92 Å². The van der Waals surface area contributed by atoms with E-state index in [-0.39, 0.29) is 23.8 Å². The summed E-state index contributed by atoms with van der Waals surface area (Å²) in [7, 11) is 5.24. The van der Waals surface area contributed by atoms with Crippen molar-refractivity contribution >= 4 is 23.2 Å². The fourth-order valence-electron chi connectivity index (χ4n) is 2.27. The van der Waals surface area contributed by atoms with Crippen LogP contribution in [0.25, 0.3) is 0 Å². The summed E-state index contributed by atoms with van der Waals surface area (Å²) < 4.78 is 0. The molecule has 17 heavy (non-hydrogen) atoms. The van der Waals surface area contributed by atoms with Crippen LogP contribution < -0.4 is 0 Å². The lowest BCUT2D eigenvalue weighted by molar-refractivity contribution is -0.134. The standard InChI is InChI=1S/C12H16N2O2S/c1-13(2)12(16)8-7-10(15)14(3)11(8)9-5-4-6-17-9/h4-6,8,11H,7H2,1-3H3/t8-,11-/m0/s1. The van der Waals surface area contributed by atoms with Crippen LogP contribution >= 0.6 is 11.3 Å². The molecule has 2 atom stereocenters. The van der Waals surface area contributed by atoms with Gasteiger partial charge in [-0.1, -0.05) is 6.07 Å². The maximum Gasteiger partial charge on any atom is 0.228 e. The highest BCUT2D eigenvalue weighted by atomic mass is 32.1. The molecule has 1 aromatic rings. The highest BCUT2D eigenvalue weighted by molar-refractivity contribution is 7.10. The van der Waals surface area contributed by atoms with E-state index in [1.54, 1.807) is 42.3 Å². The van der Waals surface area contributed by atoms with Crippen molar-refractivity contribution in [2.75, 3.05) is 21.1 Å². The third-order valence-electron chi connectivity index (χ3n) is 3.18. The van der Waals surface area contributed by atoms with Crippen molar-refractivity contribution in [3.05, 3.63) is 22.4 Å². The lowest BCUT2D eigenvalue weighted by Gasteiger charge is -2.25. The lowest BCUT2D eigenvalue weighted by Crippen LogP contribution is -2.33. The number of amides is 2. The Morgan fingerprint density at radius 1 is 1.53 bits per heavy atom.